The van der Waals surface area contributed by atoms with Gasteiger partial charge in [-0.05, 0) is 23.8 Å². The highest BCUT2D eigenvalue weighted by Gasteiger charge is 2.14. The van der Waals surface area contributed by atoms with Crippen molar-refractivity contribution in [3.05, 3.63) is 59.4 Å². The monoisotopic (exact) mass is 300 g/mol. The lowest BCUT2D eigenvalue weighted by Gasteiger charge is -2.09. The molecule has 6 heteroatoms. The number of nitrogens with zero attached hydrogens (tertiary/aromatic N) is 2. The molecule has 0 heterocycles. The number of oxime groups is 1. The molecule has 0 aromatic heterocycles. The Bertz CT molecular complexity index is 738. The van der Waals surface area contributed by atoms with E-state index in [0.717, 1.165) is 0 Å². The molecule has 0 atom stereocenters. The van der Waals surface area contributed by atoms with Crippen LogP contribution in [0.3, 0.4) is 0 Å². The summed E-state index contributed by atoms with van der Waals surface area (Å²) in [6.07, 6.45) is 0.0229. The SMILES string of the molecule is N#CCOc1ccc(/C(Cc2ccccc2F)=N\O)c(O)c1. The van der Waals surface area contributed by atoms with Crippen LogP contribution in [0, 0.1) is 17.1 Å². The van der Waals surface area contributed by atoms with Gasteiger partial charge in [-0.3, -0.25) is 0 Å². The van der Waals surface area contributed by atoms with Gasteiger partial charge >= 0.3 is 0 Å². The van der Waals surface area contributed by atoms with Crippen molar-refractivity contribution in [1.29, 1.82) is 5.26 Å². The number of aromatic hydroxyl groups is 1. The molecule has 0 aliphatic carbocycles. The first-order valence-corrected chi connectivity index (χ1v) is 6.43. The lowest BCUT2D eigenvalue weighted by Crippen LogP contribution is -2.07. The smallest absolute Gasteiger partial charge is 0.174 e. The van der Waals surface area contributed by atoms with E-state index < -0.39 is 5.82 Å². The van der Waals surface area contributed by atoms with Crippen molar-refractivity contribution < 1.29 is 19.4 Å². The third-order valence-corrected chi connectivity index (χ3v) is 3.02. The molecule has 5 nitrogen and oxygen atoms in total. The summed E-state index contributed by atoms with van der Waals surface area (Å²) >= 11 is 0. The highest BCUT2D eigenvalue weighted by molar-refractivity contribution is 6.03. The average molecular weight is 300 g/mol. The number of rotatable bonds is 5. The van der Waals surface area contributed by atoms with E-state index in [1.165, 1.54) is 24.3 Å². The molecule has 0 radical (unpaired) electrons. The molecule has 112 valence electrons. The normalized spacial score (nSPS) is 11.0. The minimum atomic E-state index is -0.419. The fourth-order valence-corrected chi connectivity index (χ4v) is 1.97. The van der Waals surface area contributed by atoms with Gasteiger partial charge in [-0.25, -0.2) is 4.39 Å². The van der Waals surface area contributed by atoms with Gasteiger partial charge in [0.1, 0.15) is 23.4 Å². The van der Waals surface area contributed by atoms with Gasteiger partial charge in [0, 0.05) is 18.1 Å². The molecule has 0 saturated heterocycles. The van der Waals surface area contributed by atoms with E-state index in [-0.39, 0.29) is 30.1 Å². The van der Waals surface area contributed by atoms with E-state index in [2.05, 4.69) is 5.16 Å². The van der Waals surface area contributed by atoms with E-state index in [9.17, 15) is 9.50 Å². The highest BCUT2D eigenvalue weighted by Crippen LogP contribution is 2.25. The number of hydrogen-bond acceptors (Lipinski definition) is 5. The summed E-state index contributed by atoms with van der Waals surface area (Å²) in [7, 11) is 0. The molecule has 0 amide bonds. The van der Waals surface area contributed by atoms with Crippen LogP contribution < -0.4 is 4.74 Å². The van der Waals surface area contributed by atoms with Crippen molar-refractivity contribution in [2.24, 2.45) is 5.16 Å². The quantitative estimate of drug-likeness (QED) is 0.505. The fourth-order valence-electron chi connectivity index (χ4n) is 1.97. The first-order chi connectivity index (χ1) is 10.7. The Morgan fingerprint density at radius 2 is 2.05 bits per heavy atom. The number of benzene rings is 2. The summed E-state index contributed by atoms with van der Waals surface area (Å²) < 4.78 is 18.7. The second kappa shape index (κ2) is 7.09. The number of phenolic OH excluding ortho intramolecular Hbond substituents is 1. The van der Waals surface area contributed by atoms with Crippen molar-refractivity contribution in [2.75, 3.05) is 6.61 Å². The Morgan fingerprint density at radius 1 is 1.27 bits per heavy atom. The molecule has 0 bridgehead atoms. The van der Waals surface area contributed by atoms with Crippen LogP contribution >= 0.6 is 0 Å². The minimum Gasteiger partial charge on any atom is -0.507 e. The minimum absolute atomic E-state index is 0.0229. The topological polar surface area (TPSA) is 85.8 Å². The molecule has 2 aromatic rings. The van der Waals surface area contributed by atoms with Crippen LogP contribution in [0.2, 0.25) is 0 Å². The van der Waals surface area contributed by atoms with Gasteiger partial charge in [0.05, 0.1) is 5.71 Å². The predicted molar refractivity (Wildman–Crippen MR) is 77.6 cm³/mol. The molecule has 2 rings (SSSR count). The summed E-state index contributed by atoms with van der Waals surface area (Å²) in [4.78, 5) is 0. The van der Waals surface area contributed by atoms with Gasteiger partial charge in [-0.2, -0.15) is 5.26 Å². The Kier molecular flexibility index (Phi) is 4.94. The number of nitriles is 1. The van der Waals surface area contributed by atoms with Crippen LogP contribution in [-0.4, -0.2) is 22.6 Å². The van der Waals surface area contributed by atoms with Crippen LogP contribution in [0.1, 0.15) is 11.1 Å². The molecule has 0 fully saturated rings. The molecule has 0 aliphatic rings. The Labute approximate surface area is 126 Å². The van der Waals surface area contributed by atoms with Gasteiger partial charge in [-0.15, -0.1) is 0 Å². The fraction of sp³-hybridized carbons (Fsp3) is 0.125. The van der Waals surface area contributed by atoms with Crippen LogP contribution in [0.5, 0.6) is 11.5 Å². The van der Waals surface area contributed by atoms with E-state index in [4.69, 9.17) is 15.2 Å². The third kappa shape index (κ3) is 3.52. The van der Waals surface area contributed by atoms with Crippen LogP contribution in [0.15, 0.2) is 47.6 Å². The molecule has 2 N–H and O–H groups in total. The van der Waals surface area contributed by atoms with E-state index in [1.807, 2.05) is 6.07 Å². The molecule has 0 unspecified atom stereocenters. The van der Waals surface area contributed by atoms with Crippen LogP contribution in [0.25, 0.3) is 0 Å². The zero-order valence-corrected chi connectivity index (χ0v) is 11.5. The Hall–Kier alpha value is -3.07. The number of ether oxygens (including phenoxy) is 1. The predicted octanol–water partition coefficient (Wildman–Crippen LogP) is 2.85. The summed E-state index contributed by atoms with van der Waals surface area (Å²) in [6.45, 7) is -0.144. The van der Waals surface area contributed by atoms with Crippen LogP contribution in [0.4, 0.5) is 4.39 Å². The van der Waals surface area contributed by atoms with Crippen molar-refractivity contribution in [3.8, 4) is 17.6 Å². The van der Waals surface area contributed by atoms with Gasteiger partial charge in [-0.1, -0.05) is 23.4 Å². The largest absolute Gasteiger partial charge is 0.507 e. The second-order valence-corrected chi connectivity index (χ2v) is 4.44. The zero-order valence-electron chi connectivity index (χ0n) is 11.5. The van der Waals surface area contributed by atoms with Crippen molar-refractivity contribution in [2.45, 2.75) is 6.42 Å². The summed E-state index contributed by atoms with van der Waals surface area (Å²) in [5.41, 5.74) is 0.726. The Morgan fingerprint density at radius 3 is 2.68 bits per heavy atom. The molecule has 0 aliphatic heterocycles. The van der Waals surface area contributed by atoms with E-state index >= 15 is 0 Å². The third-order valence-electron chi connectivity index (χ3n) is 3.02. The molecular weight excluding hydrogens is 287 g/mol. The molecule has 0 spiro atoms. The van der Waals surface area contributed by atoms with Gasteiger partial charge in [0.2, 0.25) is 0 Å². The summed E-state index contributed by atoms with van der Waals surface area (Å²) in [5.74, 6) is -0.289. The van der Waals surface area contributed by atoms with Gasteiger partial charge in [0.15, 0.2) is 6.61 Å². The van der Waals surface area contributed by atoms with Gasteiger partial charge < -0.3 is 15.1 Å². The molecular formula is C16H13FN2O3. The van der Waals surface area contributed by atoms with Crippen molar-refractivity contribution in [1.82, 2.24) is 0 Å². The molecule has 0 saturated carbocycles. The van der Waals surface area contributed by atoms with Crippen molar-refractivity contribution >= 4 is 5.71 Å². The van der Waals surface area contributed by atoms with E-state index in [0.29, 0.717) is 11.3 Å². The molecule has 22 heavy (non-hydrogen) atoms. The highest BCUT2D eigenvalue weighted by atomic mass is 19.1. The summed E-state index contributed by atoms with van der Waals surface area (Å²) in [5, 5.41) is 30.7. The average Bonchev–Trinajstić information content (AvgIpc) is 2.53. The maximum absolute atomic E-state index is 13.7. The Balaban J connectivity index is 2.25. The lowest BCUT2D eigenvalue weighted by molar-refractivity contribution is 0.318. The standard InChI is InChI=1S/C16H13FN2O3/c17-14-4-2-1-3-11(14)9-15(19-21)13-6-5-12(10-16(13)20)22-8-7-18/h1-6,10,20-21H,8-9H2/b19-15-. The number of phenols is 1. The first kappa shape index (κ1) is 15.3. The van der Waals surface area contributed by atoms with Crippen LogP contribution in [-0.2, 0) is 6.42 Å². The summed E-state index contributed by atoms with van der Waals surface area (Å²) in [6, 6.07) is 12.2. The van der Waals surface area contributed by atoms with Gasteiger partial charge in [0.25, 0.3) is 0 Å². The van der Waals surface area contributed by atoms with Crippen molar-refractivity contribution in [3.63, 3.8) is 0 Å². The first-order valence-electron chi connectivity index (χ1n) is 6.43. The number of hydrogen-bond donors (Lipinski definition) is 2. The zero-order chi connectivity index (χ0) is 15.9. The lowest BCUT2D eigenvalue weighted by atomic mass is 10.0. The second-order valence-electron chi connectivity index (χ2n) is 4.44. The number of halogens is 1. The maximum Gasteiger partial charge on any atom is 0.174 e. The van der Waals surface area contributed by atoms with E-state index in [1.54, 1.807) is 18.2 Å². The molecule has 2 aromatic carbocycles. The maximum atomic E-state index is 13.7.